The van der Waals surface area contributed by atoms with Crippen LogP contribution in [0.1, 0.15) is 0 Å². The van der Waals surface area contributed by atoms with Crippen molar-refractivity contribution >= 4 is 39.1 Å². The number of hydrogen-bond donors (Lipinski definition) is 1. The van der Waals surface area contributed by atoms with Crippen LogP contribution in [0.15, 0.2) is 5.16 Å². The third-order valence-electron chi connectivity index (χ3n) is 3.20. The predicted molar refractivity (Wildman–Crippen MR) is 79.4 cm³/mol. The Morgan fingerprint density at radius 1 is 1.45 bits per heavy atom. The summed E-state index contributed by atoms with van der Waals surface area (Å²) >= 11 is 5.77. The van der Waals surface area contributed by atoms with Crippen molar-refractivity contribution < 1.29 is 18.4 Å². The van der Waals surface area contributed by atoms with Gasteiger partial charge in [0, 0.05) is 12.8 Å². The Morgan fingerprint density at radius 3 is 2.91 bits per heavy atom. The lowest BCUT2D eigenvalue weighted by atomic mass is 10.2. The van der Waals surface area contributed by atoms with Crippen molar-refractivity contribution in [1.82, 2.24) is 15.0 Å². The number of rotatable bonds is 3. The molecule has 0 amide bonds. The van der Waals surface area contributed by atoms with E-state index in [0.29, 0.717) is 12.4 Å². The summed E-state index contributed by atoms with van der Waals surface area (Å²) in [5.41, 5.74) is -0.0879. The van der Waals surface area contributed by atoms with Crippen molar-refractivity contribution in [2.45, 2.75) is 5.16 Å². The first kappa shape index (κ1) is 15.3. The van der Waals surface area contributed by atoms with E-state index < -0.39 is 16.6 Å². The van der Waals surface area contributed by atoms with Crippen molar-refractivity contribution in [3.05, 3.63) is 11.0 Å². The van der Waals surface area contributed by atoms with Crippen LogP contribution in [-0.4, -0.2) is 56.8 Å². The summed E-state index contributed by atoms with van der Waals surface area (Å²) in [5.74, 6) is -0.352. The summed E-state index contributed by atoms with van der Waals surface area (Å²) in [6.45, 7) is 0.840. The molecule has 1 aliphatic heterocycles. The molecule has 0 radical (unpaired) electrons. The second kappa shape index (κ2) is 5.90. The highest BCUT2D eigenvalue weighted by atomic mass is 35.5. The number of hydrogen-bond acceptors (Lipinski definition) is 7. The molecule has 3 heterocycles. The first-order valence-corrected chi connectivity index (χ1v) is 8.35. The maximum atomic E-state index is 14.3. The molecular weight excluding hydrogens is 335 g/mol. The minimum atomic E-state index is -1.50. The van der Waals surface area contributed by atoms with Crippen LogP contribution < -0.4 is 9.64 Å². The first-order chi connectivity index (χ1) is 10.5. The van der Waals surface area contributed by atoms with Crippen LogP contribution in [0.2, 0.25) is 5.15 Å². The molecule has 0 spiro atoms. The zero-order valence-electron chi connectivity index (χ0n) is 11.5. The van der Waals surface area contributed by atoms with Gasteiger partial charge in [0.15, 0.2) is 11.0 Å². The number of β-amino-alcohol motifs (C(OH)–C–C–N with tert-alkyl or cyclic N) is 1. The van der Waals surface area contributed by atoms with Crippen molar-refractivity contribution in [3.63, 3.8) is 0 Å². The second-order valence-electron chi connectivity index (χ2n) is 4.59. The molecule has 118 valence electrons. The van der Waals surface area contributed by atoms with Gasteiger partial charge in [0.1, 0.15) is 23.3 Å². The zero-order chi connectivity index (χ0) is 15.9. The fourth-order valence-corrected chi connectivity index (χ4v) is 2.84. The molecule has 0 bridgehead atoms. The molecule has 0 aliphatic carbocycles. The highest BCUT2D eigenvalue weighted by Crippen LogP contribution is 2.36. The van der Waals surface area contributed by atoms with Gasteiger partial charge in [-0.2, -0.15) is 4.98 Å². The van der Waals surface area contributed by atoms with Crippen molar-refractivity contribution in [3.8, 4) is 5.88 Å². The van der Waals surface area contributed by atoms with Gasteiger partial charge in [0.25, 0.3) is 0 Å². The third kappa shape index (κ3) is 2.49. The molecule has 1 atom stereocenters. The largest absolute Gasteiger partial charge is 0.475 e. The standard InChI is InChI=1S/C12H12ClFN4O3S/c1-22(20)12-15-8-6-10(17-12)18(2-4-19)3-5-21-11(6)16-9(13)7(8)14/h19H,2-5H2,1H3. The summed E-state index contributed by atoms with van der Waals surface area (Å²) in [5, 5.41) is 9.08. The molecule has 0 aromatic carbocycles. The average molecular weight is 347 g/mol. The van der Waals surface area contributed by atoms with Gasteiger partial charge in [0.05, 0.1) is 24.0 Å². The number of nitrogens with zero attached hydrogens (tertiary/aromatic N) is 4. The van der Waals surface area contributed by atoms with E-state index in [4.69, 9.17) is 16.3 Å². The maximum absolute atomic E-state index is 14.3. The number of aliphatic hydroxyl groups excluding tert-OH is 1. The predicted octanol–water partition coefficient (Wildman–Crippen LogP) is 0.746. The van der Waals surface area contributed by atoms with Crippen LogP contribution in [-0.2, 0) is 10.8 Å². The van der Waals surface area contributed by atoms with E-state index in [1.165, 1.54) is 6.26 Å². The lowest BCUT2D eigenvalue weighted by Crippen LogP contribution is -2.31. The minimum absolute atomic E-state index is 0.0144. The zero-order valence-corrected chi connectivity index (χ0v) is 13.1. The van der Waals surface area contributed by atoms with E-state index in [1.54, 1.807) is 4.90 Å². The molecule has 0 saturated heterocycles. The third-order valence-corrected chi connectivity index (χ3v) is 4.15. The summed E-state index contributed by atoms with van der Waals surface area (Å²) in [7, 11) is -1.50. The Labute approximate surface area is 132 Å². The smallest absolute Gasteiger partial charge is 0.228 e. The molecule has 10 heteroatoms. The lowest BCUT2D eigenvalue weighted by Gasteiger charge is -2.21. The fourth-order valence-electron chi connectivity index (χ4n) is 2.24. The molecule has 2 aromatic rings. The molecule has 1 N–H and O–H groups in total. The number of aliphatic hydroxyl groups is 1. The molecule has 2 aromatic heterocycles. The van der Waals surface area contributed by atoms with Gasteiger partial charge in [-0.3, -0.25) is 4.21 Å². The Hall–Kier alpha value is -1.58. The second-order valence-corrected chi connectivity index (χ2v) is 6.22. The van der Waals surface area contributed by atoms with E-state index in [2.05, 4.69) is 15.0 Å². The minimum Gasteiger partial charge on any atom is -0.475 e. The van der Waals surface area contributed by atoms with E-state index in [9.17, 15) is 13.7 Å². The molecule has 1 aliphatic rings. The Balaban J connectivity index is 2.39. The summed E-state index contributed by atoms with van der Waals surface area (Å²) < 4.78 is 31.5. The molecule has 0 saturated carbocycles. The summed E-state index contributed by atoms with van der Waals surface area (Å²) in [6.07, 6.45) is 1.40. The van der Waals surface area contributed by atoms with Crippen molar-refractivity contribution in [1.29, 1.82) is 0 Å². The quantitative estimate of drug-likeness (QED) is 0.648. The Kier molecular flexibility index (Phi) is 4.11. The van der Waals surface area contributed by atoms with Crippen LogP contribution in [0.3, 0.4) is 0 Å². The molecule has 22 heavy (non-hydrogen) atoms. The number of aromatic nitrogens is 3. The van der Waals surface area contributed by atoms with E-state index in [1.807, 2.05) is 0 Å². The van der Waals surface area contributed by atoms with Gasteiger partial charge in [-0.05, 0) is 0 Å². The molecular formula is C12H12ClFN4O3S. The average Bonchev–Trinajstić information content (AvgIpc) is 2.65. The van der Waals surface area contributed by atoms with Gasteiger partial charge >= 0.3 is 0 Å². The number of halogens is 2. The lowest BCUT2D eigenvalue weighted by molar-refractivity contribution is 0.290. The van der Waals surface area contributed by atoms with Gasteiger partial charge in [-0.25, -0.2) is 14.4 Å². The number of ether oxygens (including phenoxy) is 1. The topological polar surface area (TPSA) is 88.4 Å². The van der Waals surface area contributed by atoms with Crippen molar-refractivity contribution in [2.75, 3.05) is 37.5 Å². The van der Waals surface area contributed by atoms with Gasteiger partial charge in [-0.1, -0.05) is 11.6 Å². The highest BCUT2D eigenvalue weighted by molar-refractivity contribution is 7.84. The Morgan fingerprint density at radius 2 is 2.23 bits per heavy atom. The maximum Gasteiger partial charge on any atom is 0.228 e. The number of anilines is 1. The monoisotopic (exact) mass is 346 g/mol. The van der Waals surface area contributed by atoms with Crippen LogP contribution in [0.4, 0.5) is 10.2 Å². The first-order valence-electron chi connectivity index (χ1n) is 6.41. The molecule has 1 unspecified atom stereocenters. The Bertz CT molecular complexity index is 776. The van der Waals surface area contributed by atoms with Gasteiger partial charge in [-0.15, -0.1) is 0 Å². The van der Waals surface area contributed by atoms with Crippen molar-refractivity contribution in [2.24, 2.45) is 0 Å². The summed E-state index contributed by atoms with van der Waals surface area (Å²) in [6, 6.07) is 0. The molecule has 0 fully saturated rings. The van der Waals surface area contributed by atoms with Crippen LogP contribution >= 0.6 is 11.6 Å². The SMILES string of the molecule is CS(=O)c1nc2c3c(nc(Cl)c(F)c3n1)OCCN2CCO. The highest BCUT2D eigenvalue weighted by Gasteiger charge is 2.26. The molecule has 7 nitrogen and oxygen atoms in total. The van der Waals surface area contributed by atoms with Crippen LogP contribution in [0.5, 0.6) is 5.88 Å². The summed E-state index contributed by atoms with van der Waals surface area (Å²) in [4.78, 5) is 13.8. The van der Waals surface area contributed by atoms with E-state index in [0.717, 1.165) is 0 Å². The van der Waals surface area contributed by atoms with Gasteiger partial charge < -0.3 is 14.7 Å². The van der Waals surface area contributed by atoms with Crippen LogP contribution in [0.25, 0.3) is 10.9 Å². The van der Waals surface area contributed by atoms with E-state index >= 15 is 0 Å². The van der Waals surface area contributed by atoms with Crippen LogP contribution in [0, 0.1) is 5.82 Å². The number of pyridine rings is 1. The normalized spacial score (nSPS) is 15.5. The van der Waals surface area contributed by atoms with E-state index in [-0.39, 0.29) is 46.9 Å². The molecule has 3 rings (SSSR count). The fraction of sp³-hybridized carbons (Fsp3) is 0.417. The van der Waals surface area contributed by atoms with Gasteiger partial charge in [0.2, 0.25) is 11.0 Å².